The molecule has 1 amide bonds. The number of rotatable bonds is 4. The maximum atomic E-state index is 12.1. The fraction of sp³-hybridized carbons (Fsp3) is 0.214. The highest BCUT2D eigenvalue weighted by molar-refractivity contribution is 9.10. The van der Waals surface area contributed by atoms with Crippen LogP contribution in [0.1, 0.15) is 35.3 Å². The quantitative estimate of drug-likeness (QED) is 0.884. The smallest absolute Gasteiger partial charge is 0.256 e. The highest BCUT2D eigenvalue weighted by Gasteiger charge is 2.17. The maximum absolute atomic E-state index is 12.1. The van der Waals surface area contributed by atoms with E-state index in [1.807, 2.05) is 31.2 Å². The SMILES string of the molecule is CCC(NC(=O)c1ccoc1Br)c1ccc(Cl)cc1. The number of benzene rings is 1. The van der Waals surface area contributed by atoms with E-state index in [9.17, 15) is 4.79 Å². The summed E-state index contributed by atoms with van der Waals surface area (Å²) in [4.78, 5) is 12.1. The van der Waals surface area contributed by atoms with Gasteiger partial charge in [-0.15, -0.1) is 0 Å². The summed E-state index contributed by atoms with van der Waals surface area (Å²) in [6.45, 7) is 2.02. The molecule has 0 fully saturated rings. The molecule has 1 N–H and O–H groups in total. The summed E-state index contributed by atoms with van der Waals surface area (Å²) in [5.74, 6) is -0.164. The molecule has 0 saturated carbocycles. The fourth-order valence-electron chi connectivity index (χ4n) is 1.81. The lowest BCUT2D eigenvalue weighted by atomic mass is 10.0. The van der Waals surface area contributed by atoms with Crippen molar-refractivity contribution < 1.29 is 9.21 Å². The van der Waals surface area contributed by atoms with Crippen LogP contribution in [0.25, 0.3) is 0 Å². The van der Waals surface area contributed by atoms with Gasteiger partial charge in [0.25, 0.3) is 5.91 Å². The minimum Gasteiger partial charge on any atom is -0.457 e. The molecule has 3 nitrogen and oxygen atoms in total. The van der Waals surface area contributed by atoms with E-state index in [0.29, 0.717) is 15.3 Å². The van der Waals surface area contributed by atoms with Gasteiger partial charge in [-0.3, -0.25) is 4.79 Å². The first kappa shape index (κ1) is 14.2. The van der Waals surface area contributed by atoms with E-state index in [-0.39, 0.29) is 11.9 Å². The van der Waals surface area contributed by atoms with Crippen LogP contribution in [-0.4, -0.2) is 5.91 Å². The lowest BCUT2D eigenvalue weighted by Gasteiger charge is -2.17. The molecule has 1 atom stereocenters. The first-order valence-corrected chi connectivity index (χ1v) is 7.08. The first-order chi connectivity index (χ1) is 9.11. The third-order valence-electron chi connectivity index (χ3n) is 2.85. The van der Waals surface area contributed by atoms with Gasteiger partial charge in [-0.25, -0.2) is 0 Å². The van der Waals surface area contributed by atoms with Crippen LogP contribution < -0.4 is 5.32 Å². The summed E-state index contributed by atoms with van der Waals surface area (Å²) in [5.41, 5.74) is 1.52. The van der Waals surface area contributed by atoms with Crippen molar-refractivity contribution in [3.63, 3.8) is 0 Å². The molecule has 2 rings (SSSR count). The molecule has 100 valence electrons. The molecule has 0 spiro atoms. The summed E-state index contributed by atoms with van der Waals surface area (Å²) >= 11 is 9.06. The molecule has 0 aliphatic rings. The number of amides is 1. The molecule has 0 saturated heterocycles. The number of furan rings is 1. The molecular formula is C14H13BrClNO2. The number of carbonyl (C=O) groups excluding carboxylic acids is 1. The van der Waals surface area contributed by atoms with Crippen LogP contribution in [0.2, 0.25) is 5.02 Å². The fourth-order valence-corrected chi connectivity index (χ4v) is 2.35. The van der Waals surface area contributed by atoms with Crippen LogP contribution in [0, 0.1) is 0 Å². The molecule has 19 heavy (non-hydrogen) atoms. The Labute approximate surface area is 125 Å². The Balaban J connectivity index is 2.13. The number of halogens is 2. The first-order valence-electron chi connectivity index (χ1n) is 5.91. The Morgan fingerprint density at radius 2 is 2.05 bits per heavy atom. The van der Waals surface area contributed by atoms with Gasteiger partial charge in [-0.05, 0) is 46.1 Å². The van der Waals surface area contributed by atoms with E-state index in [0.717, 1.165) is 12.0 Å². The van der Waals surface area contributed by atoms with Crippen LogP contribution in [-0.2, 0) is 0 Å². The largest absolute Gasteiger partial charge is 0.457 e. The minimum atomic E-state index is -0.164. The van der Waals surface area contributed by atoms with Crippen molar-refractivity contribution in [3.05, 3.63) is 57.4 Å². The van der Waals surface area contributed by atoms with Crippen molar-refractivity contribution in [1.29, 1.82) is 0 Å². The molecule has 1 aromatic carbocycles. The molecule has 1 aromatic heterocycles. The second kappa shape index (κ2) is 6.26. The molecule has 2 aromatic rings. The van der Waals surface area contributed by atoms with Gasteiger partial charge < -0.3 is 9.73 Å². The second-order valence-electron chi connectivity index (χ2n) is 4.09. The van der Waals surface area contributed by atoms with Crippen molar-refractivity contribution in [2.24, 2.45) is 0 Å². The van der Waals surface area contributed by atoms with Gasteiger partial charge in [-0.2, -0.15) is 0 Å². The molecule has 0 radical (unpaired) electrons. The van der Waals surface area contributed by atoms with Crippen molar-refractivity contribution in [1.82, 2.24) is 5.32 Å². The van der Waals surface area contributed by atoms with Crippen molar-refractivity contribution in [2.45, 2.75) is 19.4 Å². The van der Waals surface area contributed by atoms with E-state index in [1.165, 1.54) is 6.26 Å². The van der Waals surface area contributed by atoms with E-state index in [1.54, 1.807) is 6.07 Å². The summed E-state index contributed by atoms with van der Waals surface area (Å²) in [6.07, 6.45) is 2.27. The van der Waals surface area contributed by atoms with Crippen molar-refractivity contribution in [2.75, 3.05) is 0 Å². The van der Waals surface area contributed by atoms with E-state index >= 15 is 0 Å². The highest BCUT2D eigenvalue weighted by Crippen LogP contribution is 2.22. The van der Waals surface area contributed by atoms with Crippen LogP contribution in [0.4, 0.5) is 0 Å². The molecule has 1 unspecified atom stereocenters. The van der Waals surface area contributed by atoms with Crippen LogP contribution in [0.3, 0.4) is 0 Å². The van der Waals surface area contributed by atoms with Gasteiger partial charge in [0.15, 0.2) is 4.67 Å². The summed E-state index contributed by atoms with van der Waals surface area (Å²) < 4.78 is 5.50. The van der Waals surface area contributed by atoms with Crippen molar-refractivity contribution in [3.8, 4) is 0 Å². The van der Waals surface area contributed by atoms with Gasteiger partial charge in [0, 0.05) is 5.02 Å². The Bertz CT molecular complexity index is 565. The monoisotopic (exact) mass is 341 g/mol. The van der Waals surface area contributed by atoms with Crippen LogP contribution in [0.15, 0.2) is 45.7 Å². The predicted molar refractivity (Wildman–Crippen MR) is 78.4 cm³/mol. The zero-order valence-corrected chi connectivity index (χ0v) is 12.7. The van der Waals surface area contributed by atoms with Gasteiger partial charge in [0.2, 0.25) is 0 Å². The Morgan fingerprint density at radius 1 is 1.37 bits per heavy atom. The second-order valence-corrected chi connectivity index (χ2v) is 5.25. The minimum absolute atomic E-state index is 0.0495. The van der Waals surface area contributed by atoms with E-state index in [4.69, 9.17) is 16.0 Å². The van der Waals surface area contributed by atoms with Crippen molar-refractivity contribution >= 4 is 33.4 Å². The Kier molecular flexibility index (Phi) is 4.66. The van der Waals surface area contributed by atoms with Crippen LogP contribution in [0.5, 0.6) is 0 Å². The number of hydrogen-bond acceptors (Lipinski definition) is 2. The lowest BCUT2D eigenvalue weighted by Crippen LogP contribution is -2.28. The average Bonchev–Trinajstić information content (AvgIpc) is 2.83. The standard InChI is InChI=1S/C14H13BrClNO2/c1-2-12(9-3-5-10(16)6-4-9)17-14(18)11-7-8-19-13(11)15/h3-8,12H,2H2,1H3,(H,17,18). The van der Waals surface area contributed by atoms with E-state index in [2.05, 4.69) is 21.2 Å². The summed E-state index contributed by atoms with van der Waals surface area (Å²) in [6, 6.07) is 9.06. The number of hydrogen-bond donors (Lipinski definition) is 1. The average molecular weight is 343 g/mol. The third-order valence-corrected chi connectivity index (χ3v) is 3.71. The lowest BCUT2D eigenvalue weighted by molar-refractivity contribution is 0.0934. The normalized spacial score (nSPS) is 12.2. The van der Waals surface area contributed by atoms with E-state index < -0.39 is 0 Å². The molecule has 0 bridgehead atoms. The zero-order valence-electron chi connectivity index (χ0n) is 10.3. The van der Waals surface area contributed by atoms with Gasteiger partial charge in [0.05, 0.1) is 17.9 Å². The van der Waals surface area contributed by atoms with Gasteiger partial charge in [0.1, 0.15) is 0 Å². The van der Waals surface area contributed by atoms with Gasteiger partial charge >= 0.3 is 0 Å². The summed E-state index contributed by atoms with van der Waals surface area (Å²) in [7, 11) is 0. The molecule has 0 aliphatic heterocycles. The molecule has 5 heteroatoms. The number of nitrogens with one attached hydrogen (secondary N) is 1. The Hall–Kier alpha value is -1.26. The maximum Gasteiger partial charge on any atom is 0.256 e. The number of carbonyl (C=O) groups is 1. The highest BCUT2D eigenvalue weighted by atomic mass is 79.9. The molecule has 0 aliphatic carbocycles. The Morgan fingerprint density at radius 3 is 2.58 bits per heavy atom. The van der Waals surface area contributed by atoms with Crippen LogP contribution >= 0.6 is 27.5 Å². The van der Waals surface area contributed by atoms with Gasteiger partial charge in [-0.1, -0.05) is 30.7 Å². The third kappa shape index (κ3) is 3.39. The predicted octanol–water partition coefficient (Wildman–Crippen LogP) is 4.58. The summed E-state index contributed by atoms with van der Waals surface area (Å²) in [5, 5.41) is 3.66. The zero-order chi connectivity index (χ0) is 13.8. The topological polar surface area (TPSA) is 42.2 Å². The molecular weight excluding hydrogens is 330 g/mol. The molecule has 1 heterocycles.